The average molecular weight is 465 g/mol. The molecule has 1 fully saturated rings. The van der Waals surface area contributed by atoms with Gasteiger partial charge in [-0.1, -0.05) is 17.7 Å². The molecule has 7 heteroatoms. The SMILES string of the molecule is C=CCN(C(=O)c1ccnc(Cl)c1Br)c1ccc(N2C[C@@H](C)O[C@@H](C)C2)cc1. The van der Waals surface area contributed by atoms with E-state index in [1.807, 2.05) is 24.3 Å². The van der Waals surface area contributed by atoms with Crippen molar-refractivity contribution >= 4 is 44.8 Å². The Bertz CT molecular complexity index is 849. The molecule has 0 saturated carbocycles. The number of hydrogen-bond acceptors (Lipinski definition) is 4. The third-order valence-corrected chi connectivity index (χ3v) is 5.90. The van der Waals surface area contributed by atoms with Gasteiger partial charge in [-0.3, -0.25) is 4.79 Å². The molecule has 1 amide bonds. The van der Waals surface area contributed by atoms with Crippen molar-refractivity contribution in [3.63, 3.8) is 0 Å². The van der Waals surface area contributed by atoms with Crippen molar-refractivity contribution in [2.45, 2.75) is 26.1 Å². The summed E-state index contributed by atoms with van der Waals surface area (Å²) in [5.41, 5.74) is 2.37. The summed E-state index contributed by atoms with van der Waals surface area (Å²) < 4.78 is 6.30. The number of aromatic nitrogens is 1. The van der Waals surface area contributed by atoms with E-state index in [2.05, 4.69) is 46.2 Å². The van der Waals surface area contributed by atoms with Crippen molar-refractivity contribution in [2.24, 2.45) is 0 Å². The minimum atomic E-state index is -0.169. The van der Waals surface area contributed by atoms with Gasteiger partial charge in [-0.15, -0.1) is 6.58 Å². The molecule has 148 valence electrons. The summed E-state index contributed by atoms with van der Waals surface area (Å²) >= 11 is 9.41. The number of halogens is 2. The van der Waals surface area contributed by atoms with Crippen LogP contribution in [0.4, 0.5) is 11.4 Å². The van der Waals surface area contributed by atoms with E-state index in [0.717, 1.165) is 24.5 Å². The molecule has 2 heterocycles. The molecule has 1 aromatic heterocycles. The first-order valence-corrected chi connectivity index (χ1v) is 10.3. The van der Waals surface area contributed by atoms with Crippen molar-refractivity contribution in [3.8, 4) is 0 Å². The molecule has 3 rings (SSSR count). The van der Waals surface area contributed by atoms with Crippen LogP contribution in [0.1, 0.15) is 24.2 Å². The fraction of sp³-hybridized carbons (Fsp3) is 0.333. The Kier molecular flexibility index (Phi) is 6.75. The molecule has 0 spiro atoms. The summed E-state index contributed by atoms with van der Waals surface area (Å²) in [5, 5.41) is 0.260. The Hall–Kier alpha value is -1.89. The molecule has 1 aliphatic rings. The number of nitrogens with zero attached hydrogens (tertiary/aromatic N) is 3. The molecule has 0 unspecified atom stereocenters. The lowest BCUT2D eigenvalue weighted by molar-refractivity contribution is -0.00521. The zero-order valence-electron chi connectivity index (χ0n) is 15.9. The van der Waals surface area contributed by atoms with Crippen LogP contribution in [0.25, 0.3) is 0 Å². The standard InChI is InChI=1S/C21H23BrClN3O2/c1-4-11-26(21(27)18-9-10-24-20(23)19(18)22)17-7-5-16(6-8-17)25-12-14(2)28-15(3)13-25/h4-10,14-15H,1,11-13H2,2-3H3/t14-,15+. The fourth-order valence-corrected chi connectivity index (χ4v) is 3.96. The van der Waals surface area contributed by atoms with Crippen molar-refractivity contribution < 1.29 is 9.53 Å². The highest BCUT2D eigenvalue weighted by Crippen LogP contribution is 2.28. The Morgan fingerprint density at radius 1 is 1.32 bits per heavy atom. The molecule has 28 heavy (non-hydrogen) atoms. The van der Waals surface area contributed by atoms with Crippen LogP contribution >= 0.6 is 27.5 Å². The number of ether oxygens (including phenoxy) is 1. The second-order valence-corrected chi connectivity index (χ2v) is 8.00. The van der Waals surface area contributed by atoms with Crippen LogP contribution in [0.3, 0.4) is 0 Å². The zero-order chi connectivity index (χ0) is 20.3. The molecule has 1 saturated heterocycles. The molecule has 2 atom stereocenters. The maximum absolute atomic E-state index is 13.1. The highest BCUT2D eigenvalue weighted by atomic mass is 79.9. The van der Waals surface area contributed by atoms with Crippen molar-refractivity contribution in [3.05, 3.63) is 64.4 Å². The third-order valence-electron chi connectivity index (χ3n) is 4.58. The van der Waals surface area contributed by atoms with E-state index < -0.39 is 0 Å². The van der Waals surface area contributed by atoms with Crippen LogP contribution < -0.4 is 9.80 Å². The third kappa shape index (κ3) is 4.57. The Morgan fingerprint density at radius 3 is 2.57 bits per heavy atom. The van der Waals surface area contributed by atoms with E-state index in [4.69, 9.17) is 16.3 Å². The number of hydrogen-bond donors (Lipinski definition) is 0. The number of pyridine rings is 1. The van der Waals surface area contributed by atoms with E-state index >= 15 is 0 Å². The van der Waals surface area contributed by atoms with Crippen molar-refractivity contribution in [1.82, 2.24) is 4.98 Å². The normalized spacial score (nSPS) is 19.4. The van der Waals surface area contributed by atoms with Gasteiger partial charge in [0.25, 0.3) is 5.91 Å². The molecule has 0 aliphatic carbocycles. The number of carbonyl (C=O) groups is 1. The van der Waals surface area contributed by atoms with Crippen molar-refractivity contribution in [1.29, 1.82) is 0 Å². The average Bonchev–Trinajstić information content (AvgIpc) is 2.67. The summed E-state index contributed by atoms with van der Waals surface area (Å²) in [5.74, 6) is -0.169. The van der Waals surface area contributed by atoms with Crippen LogP contribution in [0.5, 0.6) is 0 Å². The van der Waals surface area contributed by atoms with Gasteiger partial charge in [0.15, 0.2) is 0 Å². The van der Waals surface area contributed by atoms with Gasteiger partial charge in [-0.25, -0.2) is 4.98 Å². The van der Waals surface area contributed by atoms with Gasteiger partial charge < -0.3 is 14.5 Å². The van der Waals surface area contributed by atoms with Crippen LogP contribution in [-0.2, 0) is 4.74 Å². The number of morpholine rings is 1. The number of carbonyl (C=O) groups excluding carboxylic acids is 1. The summed E-state index contributed by atoms with van der Waals surface area (Å²) in [7, 11) is 0. The first kappa shape index (κ1) is 20.8. The Morgan fingerprint density at radius 2 is 1.96 bits per heavy atom. The molecular weight excluding hydrogens is 442 g/mol. The van der Waals surface area contributed by atoms with E-state index in [9.17, 15) is 4.79 Å². The topological polar surface area (TPSA) is 45.7 Å². The molecule has 2 aromatic rings. The van der Waals surface area contributed by atoms with Gasteiger partial charge in [-0.2, -0.15) is 0 Å². The lowest BCUT2D eigenvalue weighted by atomic mass is 10.1. The van der Waals surface area contributed by atoms with Crippen LogP contribution in [0, 0.1) is 0 Å². The summed E-state index contributed by atoms with van der Waals surface area (Å²) in [6.07, 6.45) is 3.61. The molecule has 0 bridgehead atoms. The molecule has 0 N–H and O–H groups in total. The maximum atomic E-state index is 13.1. The maximum Gasteiger partial charge on any atom is 0.259 e. The smallest absolute Gasteiger partial charge is 0.259 e. The lowest BCUT2D eigenvalue weighted by Crippen LogP contribution is -2.45. The molecule has 1 aliphatic heterocycles. The highest BCUT2D eigenvalue weighted by molar-refractivity contribution is 9.10. The number of amides is 1. The largest absolute Gasteiger partial charge is 0.372 e. The molecule has 5 nitrogen and oxygen atoms in total. The van der Waals surface area contributed by atoms with Gasteiger partial charge in [-0.05, 0) is 60.1 Å². The lowest BCUT2D eigenvalue weighted by Gasteiger charge is -2.37. The number of anilines is 2. The number of benzene rings is 1. The quantitative estimate of drug-likeness (QED) is 0.464. The van der Waals surface area contributed by atoms with Gasteiger partial charge in [0.05, 0.1) is 22.2 Å². The minimum absolute atomic E-state index is 0.169. The predicted octanol–water partition coefficient (Wildman–Crippen LogP) is 4.94. The first-order chi connectivity index (χ1) is 13.4. The molecule has 0 radical (unpaired) electrons. The minimum Gasteiger partial charge on any atom is -0.372 e. The first-order valence-electron chi connectivity index (χ1n) is 9.14. The number of rotatable bonds is 5. The zero-order valence-corrected chi connectivity index (χ0v) is 18.3. The van der Waals surface area contributed by atoms with Gasteiger partial charge in [0.1, 0.15) is 5.15 Å². The van der Waals surface area contributed by atoms with Crippen LogP contribution in [0.2, 0.25) is 5.15 Å². The predicted molar refractivity (Wildman–Crippen MR) is 117 cm³/mol. The summed E-state index contributed by atoms with van der Waals surface area (Å²) in [4.78, 5) is 21.1. The highest BCUT2D eigenvalue weighted by Gasteiger charge is 2.24. The van der Waals surface area contributed by atoms with Gasteiger partial charge >= 0.3 is 0 Å². The fourth-order valence-electron chi connectivity index (χ4n) is 3.40. The van der Waals surface area contributed by atoms with E-state index in [0.29, 0.717) is 16.6 Å². The summed E-state index contributed by atoms with van der Waals surface area (Å²) in [6, 6.07) is 9.64. The second-order valence-electron chi connectivity index (χ2n) is 6.85. The van der Waals surface area contributed by atoms with E-state index in [1.165, 1.54) is 6.20 Å². The second kappa shape index (κ2) is 9.07. The van der Waals surface area contributed by atoms with Gasteiger partial charge in [0.2, 0.25) is 0 Å². The Balaban J connectivity index is 1.85. The van der Waals surface area contributed by atoms with Crippen LogP contribution in [0.15, 0.2) is 53.7 Å². The Labute approximate surface area is 179 Å². The summed E-state index contributed by atoms with van der Waals surface area (Å²) in [6.45, 7) is 10.0. The van der Waals surface area contributed by atoms with Crippen LogP contribution in [-0.4, -0.2) is 42.7 Å². The monoisotopic (exact) mass is 463 g/mol. The van der Waals surface area contributed by atoms with E-state index in [-0.39, 0.29) is 23.3 Å². The van der Waals surface area contributed by atoms with Gasteiger partial charge in [0, 0.05) is 37.2 Å². The van der Waals surface area contributed by atoms with Crippen molar-refractivity contribution in [2.75, 3.05) is 29.4 Å². The van der Waals surface area contributed by atoms with E-state index in [1.54, 1.807) is 17.0 Å². The molecule has 1 aromatic carbocycles. The molecular formula is C21H23BrClN3O2.